The molecule has 10 heteroatoms. The minimum Gasteiger partial charge on any atom is -0.493 e. The first-order chi connectivity index (χ1) is 12.8. The molecule has 0 atom stereocenters. The Bertz CT molecular complexity index is 963. The third kappa shape index (κ3) is 5.33. The summed E-state index contributed by atoms with van der Waals surface area (Å²) in [6.45, 7) is 0. The summed E-state index contributed by atoms with van der Waals surface area (Å²) < 4.78 is 21.0. The summed E-state index contributed by atoms with van der Waals surface area (Å²) in [5, 5.41) is 0.829. The van der Waals surface area contributed by atoms with Gasteiger partial charge in [-0.3, -0.25) is 4.57 Å². The molecule has 2 aromatic carbocycles. The van der Waals surface area contributed by atoms with Crippen LogP contribution in [0.1, 0.15) is 0 Å². The van der Waals surface area contributed by atoms with Gasteiger partial charge in [-0.15, -0.1) is 11.8 Å². The first-order valence-electron chi connectivity index (χ1n) is 7.62. The second-order valence-corrected chi connectivity index (χ2v) is 7.71. The maximum absolute atomic E-state index is 10.7. The highest BCUT2D eigenvalue weighted by molar-refractivity contribution is 7.98. The van der Waals surface area contributed by atoms with E-state index in [0.717, 1.165) is 15.8 Å². The molecule has 0 fully saturated rings. The molecule has 0 aliphatic heterocycles. The molecule has 0 amide bonds. The van der Waals surface area contributed by atoms with Crippen LogP contribution in [0.25, 0.3) is 10.9 Å². The zero-order valence-corrected chi connectivity index (χ0v) is 16.7. The number of anilines is 1. The molecule has 1 heterocycles. The number of ether oxygens (including phenoxy) is 2. The fourth-order valence-corrected chi connectivity index (χ4v) is 3.13. The Balaban J connectivity index is 0.000000199. The van der Waals surface area contributed by atoms with E-state index in [9.17, 15) is 4.57 Å². The van der Waals surface area contributed by atoms with E-state index in [-0.39, 0.29) is 5.30 Å². The largest absolute Gasteiger partial charge is 0.493 e. The molecule has 27 heavy (non-hydrogen) atoms. The Morgan fingerprint density at radius 3 is 2.15 bits per heavy atom. The number of fused-ring (bicyclic) bond motifs is 1. The predicted octanol–water partition coefficient (Wildman–Crippen LogP) is 2.44. The van der Waals surface area contributed by atoms with Crippen LogP contribution in [0.15, 0.2) is 47.6 Å². The number of thioether (sulfide) groups is 1. The van der Waals surface area contributed by atoms with E-state index >= 15 is 0 Å². The zero-order valence-electron chi connectivity index (χ0n) is 15.0. The van der Waals surface area contributed by atoms with Crippen molar-refractivity contribution in [1.82, 2.24) is 9.97 Å². The molecule has 1 aromatic heterocycles. The number of aromatic nitrogens is 2. The van der Waals surface area contributed by atoms with E-state index in [4.69, 9.17) is 25.0 Å². The third-order valence-electron chi connectivity index (χ3n) is 3.58. The van der Waals surface area contributed by atoms with Gasteiger partial charge < -0.3 is 25.0 Å². The number of nitrogen functional groups attached to an aromatic ring is 1. The Hall–Kier alpha value is -2.32. The van der Waals surface area contributed by atoms with Crippen LogP contribution in [-0.4, -0.2) is 40.2 Å². The van der Waals surface area contributed by atoms with Gasteiger partial charge in [0.05, 0.1) is 25.0 Å². The quantitative estimate of drug-likeness (QED) is 0.440. The van der Waals surface area contributed by atoms with Gasteiger partial charge in [0.2, 0.25) is 0 Å². The Kier molecular flexibility index (Phi) is 7.04. The summed E-state index contributed by atoms with van der Waals surface area (Å²) >= 11 is 1.54. The monoisotopic (exact) mass is 409 g/mol. The van der Waals surface area contributed by atoms with E-state index < -0.39 is 7.60 Å². The van der Waals surface area contributed by atoms with Crippen molar-refractivity contribution in [2.75, 3.05) is 26.2 Å². The van der Waals surface area contributed by atoms with Crippen LogP contribution >= 0.6 is 19.4 Å². The lowest BCUT2D eigenvalue weighted by Crippen LogP contribution is -2.01. The maximum Gasteiger partial charge on any atom is 0.356 e. The molecule has 0 saturated heterocycles. The lowest BCUT2D eigenvalue weighted by molar-refractivity contribution is 0.356. The minimum atomic E-state index is -4.06. The number of rotatable bonds is 4. The summed E-state index contributed by atoms with van der Waals surface area (Å²) in [5.41, 5.74) is 6.46. The van der Waals surface area contributed by atoms with E-state index in [1.165, 1.54) is 30.2 Å². The van der Waals surface area contributed by atoms with Crippen molar-refractivity contribution in [1.29, 1.82) is 0 Å². The molecule has 0 radical (unpaired) electrons. The lowest BCUT2D eigenvalue weighted by atomic mass is 10.2. The number of hydrogen-bond donors (Lipinski definition) is 3. The smallest absolute Gasteiger partial charge is 0.356 e. The van der Waals surface area contributed by atoms with E-state index in [0.29, 0.717) is 17.3 Å². The average molecular weight is 409 g/mol. The van der Waals surface area contributed by atoms with Gasteiger partial charge in [-0.2, -0.15) is 0 Å². The van der Waals surface area contributed by atoms with Gasteiger partial charge in [-0.05, 0) is 36.6 Å². The van der Waals surface area contributed by atoms with Gasteiger partial charge in [-0.25, -0.2) is 9.97 Å². The molecule has 0 spiro atoms. The fourth-order valence-electron chi connectivity index (χ4n) is 2.18. The van der Waals surface area contributed by atoms with Crippen molar-refractivity contribution in [2.24, 2.45) is 0 Å². The maximum atomic E-state index is 10.7. The van der Waals surface area contributed by atoms with Crippen molar-refractivity contribution < 1.29 is 23.8 Å². The molecule has 0 aliphatic carbocycles. The summed E-state index contributed by atoms with van der Waals surface area (Å²) in [4.78, 5) is 26.5. The Morgan fingerprint density at radius 1 is 1.04 bits per heavy atom. The molecular formula is C17H20N3O5PS. The van der Waals surface area contributed by atoms with Crippen molar-refractivity contribution in [3.05, 3.63) is 42.7 Å². The summed E-state index contributed by atoms with van der Waals surface area (Å²) in [5.74, 6) is 1.68. The molecule has 144 valence electrons. The number of nitrogens with two attached hydrogens (primary N) is 1. The van der Waals surface area contributed by atoms with Crippen molar-refractivity contribution in [2.45, 2.75) is 4.90 Å². The van der Waals surface area contributed by atoms with Crippen LogP contribution in [0.5, 0.6) is 11.5 Å². The first kappa shape index (κ1) is 21.0. The highest BCUT2D eigenvalue weighted by Gasteiger charge is 2.15. The standard InChI is InChI=1S/C10H11N3O2.C7H9O3PS/c1-14-8-3-6-7(4-9(8)15-2)12-5-13-10(6)11;1-12-7-4-2-6(3-5-7)11(8,9)10/h3-5H,1-2H3,(H2,11,12,13);2-5H,1H3,(H2,8,9,10). The molecular weight excluding hydrogens is 389 g/mol. The van der Waals surface area contributed by atoms with Crippen LogP contribution < -0.4 is 20.5 Å². The molecule has 4 N–H and O–H groups in total. The van der Waals surface area contributed by atoms with Crippen molar-refractivity contribution >= 4 is 41.4 Å². The second-order valence-electron chi connectivity index (χ2n) is 5.23. The molecule has 0 unspecified atom stereocenters. The van der Waals surface area contributed by atoms with Gasteiger partial charge in [0, 0.05) is 16.3 Å². The molecule has 0 saturated carbocycles. The number of benzene rings is 2. The van der Waals surface area contributed by atoms with Crippen LogP contribution in [-0.2, 0) is 4.57 Å². The Labute approximate surface area is 160 Å². The van der Waals surface area contributed by atoms with Gasteiger partial charge >= 0.3 is 7.60 Å². The SMILES string of the molecule is COc1cc2ncnc(N)c2cc1OC.CSc1ccc(P(=O)(O)O)cc1. The fraction of sp³-hybridized carbons (Fsp3) is 0.176. The molecule has 0 bridgehead atoms. The van der Waals surface area contributed by atoms with Crippen LogP contribution in [0.2, 0.25) is 0 Å². The lowest BCUT2D eigenvalue weighted by Gasteiger charge is -2.08. The topological polar surface area (TPSA) is 128 Å². The first-order valence-corrected chi connectivity index (χ1v) is 10.5. The minimum absolute atomic E-state index is 0.0697. The van der Waals surface area contributed by atoms with E-state index in [1.54, 1.807) is 38.5 Å². The summed E-state index contributed by atoms with van der Waals surface area (Å²) in [6.07, 6.45) is 3.33. The molecule has 3 rings (SSSR count). The highest BCUT2D eigenvalue weighted by atomic mass is 32.2. The molecule has 8 nitrogen and oxygen atoms in total. The van der Waals surface area contributed by atoms with Crippen LogP contribution in [0.3, 0.4) is 0 Å². The second kappa shape index (κ2) is 9.05. The Morgan fingerprint density at radius 2 is 1.63 bits per heavy atom. The normalized spacial score (nSPS) is 10.9. The summed E-state index contributed by atoms with van der Waals surface area (Å²) in [6, 6.07) is 9.83. The van der Waals surface area contributed by atoms with Crippen LogP contribution in [0, 0.1) is 0 Å². The van der Waals surface area contributed by atoms with Crippen molar-refractivity contribution in [3.8, 4) is 11.5 Å². The van der Waals surface area contributed by atoms with E-state index in [1.807, 2.05) is 6.26 Å². The van der Waals surface area contributed by atoms with Gasteiger partial charge in [-0.1, -0.05) is 0 Å². The molecule has 0 aliphatic rings. The van der Waals surface area contributed by atoms with Gasteiger partial charge in [0.15, 0.2) is 11.5 Å². The highest BCUT2D eigenvalue weighted by Crippen LogP contribution is 2.33. The van der Waals surface area contributed by atoms with Crippen LogP contribution in [0.4, 0.5) is 5.82 Å². The average Bonchev–Trinajstić information content (AvgIpc) is 2.67. The summed E-state index contributed by atoms with van der Waals surface area (Å²) in [7, 11) is -0.907. The van der Waals surface area contributed by atoms with Gasteiger partial charge in [0.1, 0.15) is 12.1 Å². The number of methoxy groups -OCH3 is 2. The molecule has 3 aromatic rings. The zero-order chi connectivity index (χ0) is 20.0. The number of hydrogen-bond acceptors (Lipinski definition) is 7. The number of nitrogens with zero attached hydrogens (tertiary/aromatic N) is 2. The predicted molar refractivity (Wildman–Crippen MR) is 107 cm³/mol. The third-order valence-corrected chi connectivity index (χ3v) is 5.29. The van der Waals surface area contributed by atoms with Crippen molar-refractivity contribution in [3.63, 3.8) is 0 Å². The van der Waals surface area contributed by atoms with Gasteiger partial charge in [0.25, 0.3) is 0 Å². The van der Waals surface area contributed by atoms with E-state index in [2.05, 4.69) is 9.97 Å².